The molecule has 1 aromatic heterocycles. The molecule has 0 saturated carbocycles. The largest absolute Gasteiger partial charge is 0.493 e. The number of benzene rings is 1. The standard InChI is InChI=1S/C21H29N3O5S/c1-15-17(13-30(26)14-20(25)22-8-11-24-9-4-5-10-24)23-21(29-15)16-6-7-18(27-2)19(12-16)28-3/h6-7,12H,4-5,8-11,13-14H2,1-3H3,(H,22,25). The van der Waals surface area contributed by atoms with Gasteiger partial charge in [0.1, 0.15) is 11.5 Å². The van der Waals surface area contributed by atoms with Gasteiger partial charge < -0.3 is 24.1 Å². The minimum Gasteiger partial charge on any atom is -0.493 e. The van der Waals surface area contributed by atoms with E-state index in [2.05, 4.69) is 15.2 Å². The van der Waals surface area contributed by atoms with E-state index in [1.54, 1.807) is 33.3 Å². The summed E-state index contributed by atoms with van der Waals surface area (Å²) in [6.07, 6.45) is 2.45. The number of carbonyl (C=O) groups excluding carboxylic acids is 1. The van der Waals surface area contributed by atoms with Crippen LogP contribution < -0.4 is 14.8 Å². The molecule has 1 amide bonds. The summed E-state index contributed by atoms with van der Waals surface area (Å²) in [5.74, 6) is 2.11. The number of nitrogens with zero attached hydrogens (tertiary/aromatic N) is 2. The second-order valence-electron chi connectivity index (χ2n) is 7.22. The number of likely N-dealkylation sites (tertiary alicyclic amines) is 1. The normalized spacial score (nSPS) is 15.2. The number of carbonyl (C=O) groups is 1. The van der Waals surface area contributed by atoms with Crippen LogP contribution in [-0.4, -0.2) is 66.2 Å². The van der Waals surface area contributed by atoms with E-state index >= 15 is 0 Å². The summed E-state index contributed by atoms with van der Waals surface area (Å²) in [4.78, 5) is 18.9. The number of nitrogens with one attached hydrogen (secondary N) is 1. The van der Waals surface area contributed by atoms with Gasteiger partial charge in [0.2, 0.25) is 11.8 Å². The zero-order valence-electron chi connectivity index (χ0n) is 17.7. The van der Waals surface area contributed by atoms with E-state index in [0.717, 1.165) is 25.2 Å². The Hall–Kier alpha value is -2.39. The lowest BCUT2D eigenvalue weighted by Gasteiger charge is -2.14. The monoisotopic (exact) mass is 435 g/mol. The van der Waals surface area contributed by atoms with Gasteiger partial charge in [-0.2, -0.15) is 0 Å². The maximum Gasteiger partial charge on any atom is 0.232 e. The van der Waals surface area contributed by atoms with E-state index < -0.39 is 10.8 Å². The molecule has 0 aliphatic carbocycles. The van der Waals surface area contributed by atoms with Gasteiger partial charge >= 0.3 is 0 Å². The highest BCUT2D eigenvalue weighted by Crippen LogP contribution is 2.32. The number of oxazole rings is 1. The molecule has 30 heavy (non-hydrogen) atoms. The van der Waals surface area contributed by atoms with Gasteiger partial charge in [0, 0.05) is 29.5 Å². The Morgan fingerprint density at radius 1 is 1.23 bits per heavy atom. The van der Waals surface area contributed by atoms with Gasteiger partial charge in [0.25, 0.3) is 0 Å². The van der Waals surface area contributed by atoms with Crippen molar-refractivity contribution in [2.24, 2.45) is 0 Å². The number of hydrogen-bond acceptors (Lipinski definition) is 7. The van der Waals surface area contributed by atoms with E-state index in [4.69, 9.17) is 13.9 Å². The summed E-state index contributed by atoms with van der Waals surface area (Å²) in [6.45, 7) is 5.39. The van der Waals surface area contributed by atoms with Crippen LogP contribution in [0.25, 0.3) is 11.5 Å². The molecule has 1 aliphatic rings. The van der Waals surface area contributed by atoms with Crippen LogP contribution in [0.4, 0.5) is 0 Å². The fraction of sp³-hybridized carbons (Fsp3) is 0.524. The van der Waals surface area contributed by atoms with Gasteiger partial charge in [-0.05, 0) is 51.1 Å². The SMILES string of the molecule is COc1ccc(-c2nc(CS(=O)CC(=O)NCCN3CCCC3)c(C)o2)cc1OC. The molecule has 2 aromatic rings. The summed E-state index contributed by atoms with van der Waals surface area (Å²) in [7, 11) is 1.77. The summed E-state index contributed by atoms with van der Waals surface area (Å²) < 4.78 is 28.8. The molecule has 8 nitrogen and oxygen atoms in total. The Morgan fingerprint density at radius 2 is 1.97 bits per heavy atom. The molecule has 0 radical (unpaired) electrons. The fourth-order valence-electron chi connectivity index (χ4n) is 3.42. The van der Waals surface area contributed by atoms with Gasteiger partial charge in [0.05, 0.1) is 25.7 Å². The highest BCUT2D eigenvalue weighted by atomic mass is 32.2. The number of methoxy groups -OCH3 is 2. The molecule has 1 N–H and O–H groups in total. The van der Waals surface area contributed by atoms with Crippen molar-refractivity contribution in [2.45, 2.75) is 25.5 Å². The van der Waals surface area contributed by atoms with Crippen LogP contribution in [0, 0.1) is 6.92 Å². The van der Waals surface area contributed by atoms with Crippen molar-refractivity contribution >= 4 is 16.7 Å². The maximum absolute atomic E-state index is 12.4. The molecule has 1 saturated heterocycles. The number of ether oxygens (including phenoxy) is 2. The van der Waals surface area contributed by atoms with Crippen LogP contribution in [0.1, 0.15) is 24.3 Å². The molecule has 1 aromatic carbocycles. The van der Waals surface area contributed by atoms with Crippen LogP contribution in [0.3, 0.4) is 0 Å². The number of aromatic nitrogens is 1. The van der Waals surface area contributed by atoms with Crippen molar-refractivity contribution in [1.82, 2.24) is 15.2 Å². The molecule has 9 heteroatoms. The van der Waals surface area contributed by atoms with Crippen LogP contribution in [-0.2, 0) is 21.3 Å². The second kappa shape index (κ2) is 10.6. The number of amides is 1. The Bertz CT molecular complexity index is 893. The third kappa shape index (κ3) is 5.82. The molecule has 1 atom stereocenters. The smallest absolute Gasteiger partial charge is 0.232 e. The number of aryl methyl sites for hydroxylation is 1. The average Bonchev–Trinajstić information content (AvgIpc) is 3.37. The molecule has 3 rings (SSSR count). The van der Waals surface area contributed by atoms with Crippen molar-refractivity contribution in [2.75, 3.05) is 46.2 Å². The van der Waals surface area contributed by atoms with E-state index in [9.17, 15) is 9.00 Å². The van der Waals surface area contributed by atoms with Gasteiger partial charge in [-0.15, -0.1) is 0 Å². The number of rotatable bonds is 10. The maximum atomic E-state index is 12.4. The Labute approximate surface area is 179 Å². The third-order valence-corrected chi connectivity index (χ3v) is 6.24. The molecular formula is C21H29N3O5S. The quantitative estimate of drug-likeness (QED) is 0.611. The minimum atomic E-state index is -1.36. The second-order valence-corrected chi connectivity index (χ2v) is 8.68. The lowest BCUT2D eigenvalue weighted by molar-refractivity contribution is -0.118. The minimum absolute atomic E-state index is 0.0437. The van der Waals surface area contributed by atoms with Crippen molar-refractivity contribution in [1.29, 1.82) is 0 Å². The van der Waals surface area contributed by atoms with Gasteiger partial charge in [-0.1, -0.05) is 0 Å². The van der Waals surface area contributed by atoms with Crippen molar-refractivity contribution in [3.05, 3.63) is 29.7 Å². The van der Waals surface area contributed by atoms with Gasteiger partial charge in [-0.3, -0.25) is 9.00 Å². The first kappa shape index (κ1) is 22.3. The van der Waals surface area contributed by atoms with E-state index in [1.807, 2.05) is 6.07 Å². The first-order chi connectivity index (χ1) is 14.5. The van der Waals surface area contributed by atoms with Crippen LogP contribution in [0.15, 0.2) is 22.6 Å². The predicted molar refractivity (Wildman–Crippen MR) is 115 cm³/mol. The zero-order valence-corrected chi connectivity index (χ0v) is 18.5. The van der Waals surface area contributed by atoms with Gasteiger partial charge in [0.15, 0.2) is 11.5 Å². The Morgan fingerprint density at radius 3 is 2.67 bits per heavy atom. The highest BCUT2D eigenvalue weighted by molar-refractivity contribution is 7.84. The van der Waals surface area contributed by atoms with Crippen LogP contribution in [0.5, 0.6) is 11.5 Å². The topological polar surface area (TPSA) is 93.9 Å². The number of hydrogen-bond donors (Lipinski definition) is 1. The first-order valence-electron chi connectivity index (χ1n) is 10.0. The summed E-state index contributed by atoms with van der Waals surface area (Å²) in [5, 5.41) is 2.85. The van der Waals surface area contributed by atoms with Crippen LogP contribution in [0.2, 0.25) is 0 Å². The molecule has 164 valence electrons. The first-order valence-corrected chi connectivity index (χ1v) is 11.5. The molecular weight excluding hydrogens is 406 g/mol. The Kier molecular flexibility index (Phi) is 7.87. The molecule has 0 spiro atoms. The lowest BCUT2D eigenvalue weighted by atomic mass is 10.2. The zero-order chi connectivity index (χ0) is 21.5. The van der Waals surface area contributed by atoms with Crippen molar-refractivity contribution in [3.63, 3.8) is 0 Å². The predicted octanol–water partition coefficient (Wildman–Crippen LogP) is 2.13. The van der Waals surface area contributed by atoms with E-state index in [1.165, 1.54) is 12.8 Å². The fourth-order valence-corrected chi connectivity index (χ4v) is 4.48. The third-order valence-electron chi connectivity index (χ3n) is 5.06. The Balaban J connectivity index is 1.54. The molecule has 1 aliphatic heterocycles. The average molecular weight is 436 g/mol. The van der Waals surface area contributed by atoms with E-state index in [-0.39, 0.29) is 17.4 Å². The van der Waals surface area contributed by atoms with Crippen molar-refractivity contribution in [3.8, 4) is 23.0 Å². The molecule has 2 heterocycles. The van der Waals surface area contributed by atoms with Crippen LogP contribution >= 0.6 is 0 Å². The molecule has 0 bridgehead atoms. The lowest BCUT2D eigenvalue weighted by Crippen LogP contribution is -2.35. The molecule has 1 fully saturated rings. The highest BCUT2D eigenvalue weighted by Gasteiger charge is 2.18. The van der Waals surface area contributed by atoms with Gasteiger partial charge in [-0.25, -0.2) is 4.98 Å². The summed E-state index contributed by atoms with van der Waals surface area (Å²) >= 11 is 0. The summed E-state index contributed by atoms with van der Waals surface area (Å²) in [5.41, 5.74) is 1.32. The van der Waals surface area contributed by atoms with E-state index in [0.29, 0.717) is 35.4 Å². The van der Waals surface area contributed by atoms with Crippen molar-refractivity contribution < 1.29 is 22.9 Å². The summed E-state index contributed by atoms with van der Waals surface area (Å²) in [6, 6.07) is 5.37. The molecule has 1 unspecified atom stereocenters.